The molecule has 1 N–H and O–H groups in total. The lowest BCUT2D eigenvalue weighted by molar-refractivity contribution is 0.0403. The molecule has 1 atom stereocenters. The number of fused-ring (bicyclic) bond motifs is 3. The number of aryl methyl sites for hydroxylation is 2. The molecule has 2 aromatic rings. The van der Waals surface area contributed by atoms with Crippen molar-refractivity contribution in [2.75, 3.05) is 0 Å². The van der Waals surface area contributed by atoms with E-state index in [1.807, 2.05) is 6.92 Å². The Kier molecular flexibility index (Phi) is 2.67. The highest BCUT2D eigenvalue weighted by atomic mass is 16.3. The molecule has 0 bridgehead atoms. The van der Waals surface area contributed by atoms with Gasteiger partial charge in [-0.3, -0.25) is 0 Å². The highest BCUT2D eigenvalue weighted by Gasteiger charge is 2.30. The number of benzene rings is 2. The molecule has 0 radical (unpaired) electrons. The van der Waals surface area contributed by atoms with Crippen LogP contribution in [0.15, 0.2) is 30.3 Å². The summed E-state index contributed by atoms with van der Waals surface area (Å²) >= 11 is 0. The first-order valence-electron chi connectivity index (χ1n) is 6.89. The maximum atomic E-state index is 10.7. The van der Waals surface area contributed by atoms with Crippen LogP contribution in [0, 0.1) is 0 Å². The van der Waals surface area contributed by atoms with Crippen LogP contribution >= 0.6 is 0 Å². The predicted molar refractivity (Wildman–Crippen MR) is 75.8 cm³/mol. The minimum Gasteiger partial charge on any atom is -0.385 e. The van der Waals surface area contributed by atoms with Crippen molar-refractivity contribution in [3.05, 3.63) is 47.0 Å². The van der Waals surface area contributed by atoms with Gasteiger partial charge in [-0.1, -0.05) is 37.3 Å². The molecule has 0 aliphatic heterocycles. The van der Waals surface area contributed by atoms with E-state index in [1.54, 1.807) is 0 Å². The molecule has 1 heteroatoms. The van der Waals surface area contributed by atoms with Crippen molar-refractivity contribution in [1.29, 1.82) is 0 Å². The molecule has 18 heavy (non-hydrogen) atoms. The average Bonchev–Trinajstić information content (AvgIpc) is 2.37. The Hall–Kier alpha value is -1.34. The fraction of sp³-hybridized carbons (Fsp3) is 0.412. The van der Waals surface area contributed by atoms with Crippen LogP contribution in [-0.2, 0) is 18.4 Å². The summed E-state index contributed by atoms with van der Waals surface area (Å²) in [7, 11) is 0. The molecule has 1 aliphatic rings. The summed E-state index contributed by atoms with van der Waals surface area (Å²) in [5.74, 6) is 0. The van der Waals surface area contributed by atoms with E-state index in [1.165, 1.54) is 21.9 Å². The molecule has 0 fully saturated rings. The number of aliphatic hydroxyl groups is 1. The molecule has 0 saturated heterocycles. The van der Waals surface area contributed by atoms with Gasteiger partial charge in [0.25, 0.3) is 0 Å². The molecule has 1 aliphatic carbocycles. The summed E-state index contributed by atoms with van der Waals surface area (Å²) in [4.78, 5) is 0. The Morgan fingerprint density at radius 1 is 1.22 bits per heavy atom. The van der Waals surface area contributed by atoms with Gasteiger partial charge in [-0.05, 0) is 60.1 Å². The lowest BCUT2D eigenvalue weighted by atomic mass is 9.77. The zero-order valence-corrected chi connectivity index (χ0v) is 11.2. The van der Waals surface area contributed by atoms with Crippen LogP contribution in [0.2, 0.25) is 0 Å². The van der Waals surface area contributed by atoms with Gasteiger partial charge in [-0.2, -0.15) is 0 Å². The molecule has 2 aromatic carbocycles. The second-order valence-electron chi connectivity index (χ2n) is 5.64. The minimum absolute atomic E-state index is 0.666. The molecule has 0 spiro atoms. The number of rotatable bonds is 1. The summed E-state index contributed by atoms with van der Waals surface area (Å²) in [6, 6.07) is 11.0. The fourth-order valence-electron chi connectivity index (χ4n) is 3.24. The van der Waals surface area contributed by atoms with Gasteiger partial charge in [0.1, 0.15) is 0 Å². The molecule has 1 unspecified atom stereocenters. The van der Waals surface area contributed by atoms with Gasteiger partial charge in [0.05, 0.1) is 5.60 Å². The van der Waals surface area contributed by atoms with E-state index < -0.39 is 5.60 Å². The first kappa shape index (κ1) is 11.7. The third-order valence-corrected chi connectivity index (χ3v) is 4.23. The van der Waals surface area contributed by atoms with E-state index in [0.29, 0.717) is 0 Å². The molecule has 0 aromatic heterocycles. The molecule has 94 valence electrons. The van der Waals surface area contributed by atoms with Crippen LogP contribution < -0.4 is 0 Å². The van der Waals surface area contributed by atoms with Crippen molar-refractivity contribution in [3.8, 4) is 0 Å². The average molecular weight is 240 g/mol. The Bertz CT molecular complexity index is 596. The zero-order chi connectivity index (χ0) is 12.8. The van der Waals surface area contributed by atoms with E-state index >= 15 is 0 Å². The van der Waals surface area contributed by atoms with Crippen molar-refractivity contribution in [1.82, 2.24) is 0 Å². The van der Waals surface area contributed by atoms with Crippen molar-refractivity contribution in [3.63, 3.8) is 0 Å². The van der Waals surface area contributed by atoms with Crippen molar-refractivity contribution < 1.29 is 5.11 Å². The summed E-state index contributed by atoms with van der Waals surface area (Å²) < 4.78 is 0. The summed E-state index contributed by atoms with van der Waals surface area (Å²) in [5, 5.41) is 13.1. The Morgan fingerprint density at radius 2 is 2.06 bits per heavy atom. The van der Waals surface area contributed by atoms with E-state index in [0.717, 1.165) is 31.2 Å². The Labute approximate surface area is 108 Å². The molecule has 0 saturated carbocycles. The topological polar surface area (TPSA) is 20.2 Å². The standard InChI is InChI=1S/C17H20O/c1-3-12-6-9-15-14(11-12)8-7-13-5-4-10-17(2,18)16(13)15/h6-9,11,18H,3-5,10H2,1-2H3. The van der Waals surface area contributed by atoms with Crippen LogP contribution in [0.1, 0.15) is 43.4 Å². The Balaban J connectivity index is 2.31. The van der Waals surface area contributed by atoms with Crippen molar-refractivity contribution in [2.24, 2.45) is 0 Å². The van der Waals surface area contributed by atoms with Gasteiger partial charge in [-0.15, -0.1) is 0 Å². The summed E-state index contributed by atoms with van der Waals surface area (Å²) in [6.45, 7) is 4.13. The lowest BCUT2D eigenvalue weighted by Gasteiger charge is -2.32. The highest BCUT2D eigenvalue weighted by Crippen LogP contribution is 2.39. The van der Waals surface area contributed by atoms with E-state index in [9.17, 15) is 5.11 Å². The van der Waals surface area contributed by atoms with Gasteiger partial charge >= 0.3 is 0 Å². The summed E-state index contributed by atoms with van der Waals surface area (Å²) in [6.07, 6.45) is 4.10. The third-order valence-electron chi connectivity index (χ3n) is 4.23. The van der Waals surface area contributed by atoms with E-state index in [-0.39, 0.29) is 0 Å². The van der Waals surface area contributed by atoms with Gasteiger partial charge < -0.3 is 5.11 Å². The fourth-order valence-corrected chi connectivity index (χ4v) is 3.24. The first-order valence-corrected chi connectivity index (χ1v) is 6.89. The molecule has 3 rings (SSSR count). The SMILES string of the molecule is CCc1ccc2c3c(ccc2c1)CCCC3(C)O. The Morgan fingerprint density at radius 3 is 2.83 bits per heavy atom. The normalized spacial score (nSPS) is 23.1. The van der Waals surface area contributed by atoms with Crippen LogP contribution in [0.3, 0.4) is 0 Å². The summed E-state index contributed by atoms with van der Waals surface area (Å²) in [5.41, 5.74) is 3.18. The third kappa shape index (κ3) is 1.74. The van der Waals surface area contributed by atoms with E-state index in [4.69, 9.17) is 0 Å². The second-order valence-corrected chi connectivity index (χ2v) is 5.64. The lowest BCUT2D eigenvalue weighted by Crippen LogP contribution is -2.27. The monoisotopic (exact) mass is 240 g/mol. The molecular formula is C17H20O. The smallest absolute Gasteiger partial charge is 0.0877 e. The maximum Gasteiger partial charge on any atom is 0.0877 e. The molecule has 0 amide bonds. The van der Waals surface area contributed by atoms with Gasteiger partial charge in [-0.25, -0.2) is 0 Å². The van der Waals surface area contributed by atoms with Gasteiger partial charge in [0.15, 0.2) is 0 Å². The maximum absolute atomic E-state index is 10.7. The van der Waals surface area contributed by atoms with Crippen LogP contribution in [0.5, 0.6) is 0 Å². The number of hydrogen-bond donors (Lipinski definition) is 1. The number of hydrogen-bond acceptors (Lipinski definition) is 1. The van der Waals surface area contributed by atoms with Crippen LogP contribution in [-0.4, -0.2) is 5.11 Å². The molecule has 0 heterocycles. The highest BCUT2D eigenvalue weighted by molar-refractivity contribution is 5.88. The van der Waals surface area contributed by atoms with Gasteiger partial charge in [0, 0.05) is 0 Å². The minimum atomic E-state index is -0.666. The first-order chi connectivity index (χ1) is 8.62. The van der Waals surface area contributed by atoms with Crippen LogP contribution in [0.4, 0.5) is 0 Å². The molecule has 1 nitrogen and oxygen atoms in total. The van der Waals surface area contributed by atoms with Crippen molar-refractivity contribution >= 4 is 10.8 Å². The van der Waals surface area contributed by atoms with E-state index in [2.05, 4.69) is 37.3 Å². The zero-order valence-electron chi connectivity index (χ0n) is 11.2. The molecular weight excluding hydrogens is 220 g/mol. The second kappa shape index (κ2) is 4.10. The predicted octanol–water partition coefficient (Wildman–Crippen LogP) is 3.95. The van der Waals surface area contributed by atoms with Gasteiger partial charge in [0.2, 0.25) is 0 Å². The van der Waals surface area contributed by atoms with Crippen LogP contribution in [0.25, 0.3) is 10.8 Å². The quantitative estimate of drug-likeness (QED) is 0.800. The largest absolute Gasteiger partial charge is 0.385 e. The van der Waals surface area contributed by atoms with Crippen molar-refractivity contribution in [2.45, 2.75) is 45.1 Å².